The van der Waals surface area contributed by atoms with Gasteiger partial charge in [0.1, 0.15) is 5.75 Å². The molecule has 5 heteroatoms. The van der Waals surface area contributed by atoms with Gasteiger partial charge in [-0.15, -0.1) is 0 Å². The molecule has 0 aromatic heterocycles. The lowest BCUT2D eigenvalue weighted by molar-refractivity contribution is -0.144. The Morgan fingerprint density at radius 2 is 1.87 bits per heavy atom. The smallest absolute Gasteiger partial charge is 0.401 e. The normalized spacial score (nSPS) is 12.1. The summed E-state index contributed by atoms with van der Waals surface area (Å²) in [7, 11) is 1.36. The first kappa shape index (κ1) is 11.8. The van der Waals surface area contributed by atoms with Gasteiger partial charge in [-0.2, -0.15) is 13.2 Å². The van der Waals surface area contributed by atoms with Crippen molar-refractivity contribution >= 4 is 0 Å². The van der Waals surface area contributed by atoms with Crippen molar-refractivity contribution in [1.82, 2.24) is 4.90 Å². The average molecular weight is 219 g/mol. The van der Waals surface area contributed by atoms with Gasteiger partial charge in [-0.1, -0.05) is 18.2 Å². The van der Waals surface area contributed by atoms with E-state index < -0.39 is 12.7 Å². The number of para-hydroxylation sites is 1. The molecule has 0 heterocycles. The van der Waals surface area contributed by atoms with Crippen molar-refractivity contribution in [2.24, 2.45) is 0 Å². The maximum Gasteiger partial charge on any atom is 0.401 e. The van der Waals surface area contributed by atoms with E-state index in [0.29, 0.717) is 5.56 Å². The van der Waals surface area contributed by atoms with Gasteiger partial charge in [-0.3, -0.25) is 4.90 Å². The number of hydrogen-bond acceptors (Lipinski definition) is 2. The lowest BCUT2D eigenvalue weighted by Gasteiger charge is -2.18. The van der Waals surface area contributed by atoms with Crippen LogP contribution in [0, 0.1) is 0 Å². The zero-order valence-electron chi connectivity index (χ0n) is 8.25. The van der Waals surface area contributed by atoms with Crippen LogP contribution in [0.2, 0.25) is 0 Å². The summed E-state index contributed by atoms with van der Waals surface area (Å²) in [5, 5.41) is 9.35. The lowest BCUT2D eigenvalue weighted by atomic mass is 10.2. The Bertz CT molecular complexity index is 325. The SMILES string of the molecule is CN(Cc1ccccc1O)CC(F)(F)F. The molecule has 0 aliphatic heterocycles. The van der Waals surface area contributed by atoms with E-state index in [4.69, 9.17) is 0 Å². The van der Waals surface area contributed by atoms with Gasteiger partial charge in [0.25, 0.3) is 0 Å². The second kappa shape index (κ2) is 4.53. The quantitative estimate of drug-likeness (QED) is 0.843. The number of nitrogens with zero attached hydrogens (tertiary/aromatic N) is 1. The second-order valence-corrected chi connectivity index (χ2v) is 3.42. The topological polar surface area (TPSA) is 23.5 Å². The molecule has 0 radical (unpaired) electrons. The van der Waals surface area contributed by atoms with Crippen molar-refractivity contribution in [3.05, 3.63) is 29.8 Å². The van der Waals surface area contributed by atoms with Gasteiger partial charge in [-0.25, -0.2) is 0 Å². The largest absolute Gasteiger partial charge is 0.508 e. The molecule has 84 valence electrons. The van der Waals surface area contributed by atoms with Crippen LogP contribution in [0.25, 0.3) is 0 Å². The highest BCUT2D eigenvalue weighted by Gasteiger charge is 2.29. The maximum atomic E-state index is 12.0. The van der Waals surface area contributed by atoms with Crippen LogP contribution in [0.15, 0.2) is 24.3 Å². The van der Waals surface area contributed by atoms with Crippen LogP contribution in [0.3, 0.4) is 0 Å². The van der Waals surface area contributed by atoms with Gasteiger partial charge >= 0.3 is 6.18 Å². The van der Waals surface area contributed by atoms with Crippen LogP contribution >= 0.6 is 0 Å². The Morgan fingerprint density at radius 1 is 1.27 bits per heavy atom. The van der Waals surface area contributed by atoms with E-state index in [1.54, 1.807) is 18.2 Å². The molecule has 0 amide bonds. The van der Waals surface area contributed by atoms with Crippen molar-refractivity contribution < 1.29 is 18.3 Å². The van der Waals surface area contributed by atoms with Crippen LogP contribution in [0.4, 0.5) is 13.2 Å². The number of rotatable bonds is 3. The Morgan fingerprint density at radius 3 is 2.40 bits per heavy atom. The Balaban J connectivity index is 2.59. The zero-order chi connectivity index (χ0) is 11.5. The molecule has 0 spiro atoms. The number of halogens is 3. The van der Waals surface area contributed by atoms with Gasteiger partial charge < -0.3 is 5.11 Å². The summed E-state index contributed by atoms with van der Waals surface area (Å²) in [6, 6.07) is 6.36. The molecule has 0 fully saturated rings. The third-order valence-electron chi connectivity index (χ3n) is 1.88. The molecule has 0 bridgehead atoms. The molecule has 0 saturated carbocycles. The second-order valence-electron chi connectivity index (χ2n) is 3.42. The van der Waals surface area contributed by atoms with Gasteiger partial charge in [0.15, 0.2) is 0 Å². The monoisotopic (exact) mass is 219 g/mol. The highest BCUT2D eigenvalue weighted by atomic mass is 19.4. The molecule has 0 aliphatic rings. The first-order valence-electron chi connectivity index (χ1n) is 4.40. The number of phenolic OH excluding ortho intramolecular Hbond substituents is 1. The minimum atomic E-state index is -4.21. The first-order chi connectivity index (χ1) is 6.88. The fourth-order valence-corrected chi connectivity index (χ4v) is 1.30. The number of hydrogen-bond donors (Lipinski definition) is 1. The van der Waals surface area contributed by atoms with Crippen LogP contribution < -0.4 is 0 Å². The molecule has 0 unspecified atom stereocenters. The van der Waals surface area contributed by atoms with Crippen molar-refractivity contribution in [2.75, 3.05) is 13.6 Å². The van der Waals surface area contributed by atoms with E-state index in [0.717, 1.165) is 4.90 Å². The first-order valence-corrected chi connectivity index (χ1v) is 4.40. The van der Waals surface area contributed by atoms with E-state index in [1.165, 1.54) is 13.1 Å². The van der Waals surface area contributed by atoms with E-state index >= 15 is 0 Å². The van der Waals surface area contributed by atoms with Gasteiger partial charge in [0.05, 0.1) is 6.54 Å². The van der Waals surface area contributed by atoms with Crippen LogP contribution in [0.5, 0.6) is 5.75 Å². The summed E-state index contributed by atoms with van der Waals surface area (Å²) >= 11 is 0. The highest BCUT2D eigenvalue weighted by molar-refractivity contribution is 5.31. The molecule has 1 N–H and O–H groups in total. The number of benzene rings is 1. The Labute approximate surface area is 85.9 Å². The predicted molar refractivity (Wildman–Crippen MR) is 50.5 cm³/mol. The van der Waals surface area contributed by atoms with Gasteiger partial charge in [-0.05, 0) is 13.1 Å². The third-order valence-corrected chi connectivity index (χ3v) is 1.88. The van der Waals surface area contributed by atoms with Crippen LogP contribution in [-0.4, -0.2) is 29.8 Å². The summed E-state index contributed by atoms with van der Waals surface area (Å²) in [5.74, 6) is 0.0199. The molecule has 0 atom stereocenters. The number of alkyl halides is 3. The fraction of sp³-hybridized carbons (Fsp3) is 0.400. The minimum absolute atomic E-state index is 0.0199. The summed E-state index contributed by atoms with van der Waals surface area (Å²) in [6.07, 6.45) is -4.21. The van der Waals surface area contributed by atoms with Gasteiger partial charge in [0.2, 0.25) is 0 Å². The maximum absolute atomic E-state index is 12.0. The van der Waals surface area contributed by atoms with Crippen molar-refractivity contribution in [3.63, 3.8) is 0 Å². The molecular weight excluding hydrogens is 207 g/mol. The third kappa shape index (κ3) is 4.20. The Kier molecular flexibility index (Phi) is 3.57. The summed E-state index contributed by atoms with van der Waals surface area (Å²) in [4.78, 5) is 1.11. The summed E-state index contributed by atoms with van der Waals surface area (Å²) in [6.45, 7) is -0.909. The molecule has 1 aromatic carbocycles. The molecule has 1 rings (SSSR count). The summed E-state index contributed by atoms with van der Waals surface area (Å²) in [5.41, 5.74) is 0.490. The van der Waals surface area contributed by atoms with E-state index in [-0.39, 0.29) is 12.3 Å². The van der Waals surface area contributed by atoms with Crippen molar-refractivity contribution in [3.8, 4) is 5.75 Å². The molecule has 2 nitrogen and oxygen atoms in total. The predicted octanol–water partition coefficient (Wildman–Crippen LogP) is 2.39. The van der Waals surface area contributed by atoms with Crippen molar-refractivity contribution in [1.29, 1.82) is 0 Å². The van der Waals surface area contributed by atoms with Crippen LogP contribution in [-0.2, 0) is 6.54 Å². The average Bonchev–Trinajstić information content (AvgIpc) is 2.05. The standard InChI is InChI=1S/C10H12F3NO/c1-14(7-10(11,12)13)6-8-4-2-3-5-9(8)15/h2-5,15H,6-7H2,1H3. The summed E-state index contributed by atoms with van der Waals surface area (Å²) < 4.78 is 36.0. The molecule has 0 saturated heterocycles. The van der Waals surface area contributed by atoms with Crippen molar-refractivity contribution in [2.45, 2.75) is 12.7 Å². The highest BCUT2D eigenvalue weighted by Crippen LogP contribution is 2.20. The lowest BCUT2D eigenvalue weighted by Crippen LogP contribution is -2.30. The molecule has 1 aromatic rings. The number of aromatic hydroxyl groups is 1. The fourth-order valence-electron chi connectivity index (χ4n) is 1.30. The number of phenols is 1. The minimum Gasteiger partial charge on any atom is -0.508 e. The van der Waals surface area contributed by atoms with E-state index in [9.17, 15) is 18.3 Å². The molecular formula is C10H12F3NO. The van der Waals surface area contributed by atoms with E-state index in [1.807, 2.05) is 0 Å². The molecule has 15 heavy (non-hydrogen) atoms. The molecule has 0 aliphatic carbocycles. The Hall–Kier alpha value is -1.23. The van der Waals surface area contributed by atoms with Crippen LogP contribution in [0.1, 0.15) is 5.56 Å². The van der Waals surface area contributed by atoms with E-state index in [2.05, 4.69) is 0 Å². The van der Waals surface area contributed by atoms with Gasteiger partial charge in [0, 0.05) is 12.1 Å². The zero-order valence-corrected chi connectivity index (χ0v) is 8.25.